The Bertz CT molecular complexity index is 660. The molecule has 1 aromatic heterocycles. The monoisotopic (exact) mass is 360 g/mol. The summed E-state index contributed by atoms with van der Waals surface area (Å²) < 4.78 is 5.36. The normalized spacial score (nSPS) is 19.2. The zero-order valence-corrected chi connectivity index (χ0v) is 16.0. The molecule has 0 amide bonds. The highest BCUT2D eigenvalue weighted by Gasteiger charge is 2.26. The van der Waals surface area contributed by atoms with Gasteiger partial charge in [0.1, 0.15) is 5.75 Å². The molecule has 1 aliphatic heterocycles. The maximum atomic E-state index is 9.48. The minimum atomic E-state index is 0.251. The summed E-state index contributed by atoms with van der Waals surface area (Å²) in [6.45, 7) is 7.43. The van der Waals surface area contributed by atoms with Crippen LogP contribution in [0, 0.1) is 6.92 Å². The third-order valence-electron chi connectivity index (χ3n) is 4.96. The highest BCUT2D eigenvalue weighted by Crippen LogP contribution is 2.22. The SMILES string of the molecule is COc1ccc(CN2CCN(Cc3cccs3)[C@H](CCO)C2)cc1C. The van der Waals surface area contributed by atoms with Crippen LogP contribution in [0.25, 0.3) is 0 Å². The molecule has 3 rings (SSSR count). The predicted molar refractivity (Wildman–Crippen MR) is 103 cm³/mol. The predicted octanol–water partition coefficient (Wildman–Crippen LogP) is 3.13. The molecule has 0 aliphatic carbocycles. The van der Waals surface area contributed by atoms with E-state index in [4.69, 9.17) is 4.74 Å². The Hall–Kier alpha value is -1.40. The van der Waals surface area contributed by atoms with Gasteiger partial charge in [0.15, 0.2) is 0 Å². The van der Waals surface area contributed by atoms with Crippen LogP contribution in [0.15, 0.2) is 35.7 Å². The van der Waals surface area contributed by atoms with E-state index in [2.05, 4.69) is 52.4 Å². The number of hydrogen-bond donors (Lipinski definition) is 1. The third-order valence-corrected chi connectivity index (χ3v) is 5.82. The lowest BCUT2D eigenvalue weighted by Crippen LogP contribution is -2.52. The van der Waals surface area contributed by atoms with Crippen molar-refractivity contribution in [2.24, 2.45) is 0 Å². The molecule has 1 aromatic carbocycles. The van der Waals surface area contributed by atoms with Crippen molar-refractivity contribution < 1.29 is 9.84 Å². The van der Waals surface area contributed by atoms with E-state index in [1.54, 1.807) is 7.11 Å². The maximum absolute atomic E-state index is 9.48. The molecule has 2 heterocycles. The molecule has 0 bridgehead atoms. The number of aliphatic hydroxyl groups excluding tert-OH is 1. The molecule has 25 heavy (non-hydrogen) atoms. The van der Waals surface area contributed by atoms with Crippen molar-refractivity contribution in [2.45, 2.75) is 32.5 Å². The molecule has 2 aromatic rings. The maximum Gasteiger partial charge on any atom is 0.121 e. The fourth-order valence-corrected chi connectivity index (χ4v) is 4.36. The summed E-state index contributed by atoms with van der Waals surface area (Å²) in [5.74, 6) is 0.947. The second-order valence-corrected chi connectivity index (χ2v) is 7.79. The molecule has 4 nitrogen and oxygen atoms in total. The van der Waals surface area contributed by atoms with Gasteiger partial charge in [0, 0.05) is 50.2 Å². The summed E-state index contributed by atoms with van der Waals surface area (Å²) in [4.78, 5) is 6.44. The van der Waals surface area contributed by atoms with Crippen LogP contribution in [0.1, 0.15) is 22.4 Å². The Kier molecular flexibility index (Phi) is 6.48. The Labute approximate surface area is 154 Å². The second kappa shape index (κ2) is 8.81. The molecular formula is C20H28N2O2S. The number of aliphatic hydroxyl groups is 1. The van der Waals surface area contributed by atoms with Crippen molar-refractivity contribution in [1.29, 1.82) is 0 Å². The minimum Gasteiger partial charge on any atom is -0.496 e. The van der Waals surface area contributed by atoms with Crippen molar-refractivity contribution in [3.05, 3.63) is 51.7 Å². The molecule has 1 fully saturated rings. The van der Waals surface area contributed by atoms with E-state index >= 15 is 0 Å². The topological polar surface area (TPSA) is 35.9 Å². The smallest absolute Gasteiger partial charge is 0.121 e. The Morgan fingerprint density at radius 3 is 2.80 bits per heavy atom. The number of aryl methyl sites for hydroxylation is 1. The molecule has 1 saturated heterocycles. The molecule has 0 saturated carbocycles. The zero-order chi connectivity index (χ0) is 17.6. The number of thiophene rings is 1. The average Bonchev–Trinajstić information content (AvgIpc) is 3.11. The number of benzene rings is 1. The van der Waals surface area contributed by atoms with Crippen LogP contribution in [-0.2, 0) is 13.1 Å². The summed E-state index contributed by atoms with van der Waals surface area (Å²) in [7, 11) is 1.72. The van der Waals surface area contributed by atoms with Crippen LogP contribution in [0.5, 0.6) is 5.75 Å². The van der Waals surface area contributed by atoms with E-state index in [0.717, 1.165) is 44.9 Å². The number of piperazine rings is 1. The van der Waals surface area contributed by atoms with E-state index in [1.165, 1.54) is 16.0 Å². The molecule has 0 radical (unpaired) electrons. The fraction of sp³-hybridized carbons (Fsp3) is 0.500. The highest BCUT2D eigenvalue weighted by atomic mass is 32.1. The van der Waals surface area contributed by atoms with Crippen LogP contribution >= 0.6 is 11.3 Å². The van der Waals surface area contributed by atoms with Crippen molar-refractivity contribution in [1.82, 2.24) is 9.80 Å². The van der Waals surface area contributed by atoms with E-state index in [-0.39, 0.29) is 6.61 Å². The van der Waals surface area contributed by atoms with Gasteiger partial charge in [0.2, 0.25) is 0 Å². The van der Waals surface area contributed by atoms with Crippen LogP contribution < -0.4 is 4.74 Å². The summed E-state index contributed by atoms with van der Waals surface area (Å²) in [6, 6.07) is 11.2. The molecule has 1 N–H and O–H groups in total. The van der Waals surface area contributed by atoms with Gasteiger partial charge in [0.25, 0.3) is 0 Å². The van der Waals surface area contributed by atoms with Crippen LogP contribution in [0.2, 0.25) is 0 Å². The first-order chi connectivity index (χ1) is 12.2. The van der Waals surface area contributed by atoms with E-state index in [0.29, 0.717) is 6.04 Å². The van der Waals surface area contributed by atoms with Crippen molar-refractivity contribution >= 4 is 11.3 Å². The molecule has 0 unspecified atom stereocenters. The summed E-state index contributed by atoms with van der Waals surface area (Å²) in [5.41, 5.74) is 2.51. The zero-order valence-electron chi connectivity index (χ0n) is 15.1. The standard InChI is InChI=1S/C20H28N2O2S/c1-16-12-17(5-6-20(16)24-2)13-21-8-9-22(18(14-21)7-10-23)15-19-4-3-11-25-19/h3-6,11-12,18,23H,7-10,13-15H2,1-2H3/t18-/m1/s1. The van der Waals surface area contributed by atoms with Gasteiger partial charge in [-0.3, -0.25) is 9.80 Å². The number of nitrogens with zero attached hydrogens (tertiary/aromatic N) is 2. The lowest BCUT2D eigenvalue weighted by Gasteiger charge is -2.41. The molecule has 0 spiro atoms. The molecule has 5 heteroatoms. The quantitative estimate of drug-likeness (QED) is 0.823. The van der Waals surface area contributed by atoms with Crippen molar-refractivity contribution in [3.8, 4) is 5.75 Å². The first kappa shape index (κ1) is 18.4. The highest BCUT2D eigenvalue weighted by molar-refractivity contribution is 7.09. The van der Waals surface area contributed by atoms with Crippen molar-refractivity contribution in [3.63, 3.8) is 0 Å². The summed E-state index contributed by atoms with van der Waals surface area (Å²) in [6.07, 6.45) is 0.837. The first-order valence-electron chi connectivity index (χ1n) is 8.92. The van der Waals surface area contributed by atoms with Gasteiger partial charge in [-0.15, -0.1) is 11.3 Å². The number of ether oxygens (including phenoxy) is 1. The average molecular weight is 361 g/mol. The lowest BCUT2D eigenvalue weighted by atomic mass is 10.1. The number of hydrogen-bond acceptors (Lipinski definition) is 5. The Morgan fingerprint density at radius 2 is 2.12 bits per heavy atom. The van der Waals surface area contributed by atoms with Gasteiger partial charge in [0.05, 0.1) is 7.11 Å². The first-order valence-corrected chi connectivity index (χ1v) is 9.80. The fourth-order valence-electron chi connectivity index (χ4n) is 3.63. The van der Waals surface area contributed by atoms with Gasteiger partial charge in [-0.2, -0.15) is 0 Å². The summed E-state index contributed by atoms with van der Waals surface area (Å²) >= 11 is 1.82. The second-order valence-electron chi connectivity index (χ2n) is 6.76. The van der Waals surface area contributed by atoms with Gasteiger partial charge in [-0.1, -0.05) is 18.2 Å². The van der Waals surface area contributed by atoms with Gasteiger partial charge >= 0.3 is 0 Å². The van der Waals surface area contributed by atoms with Crippen LogP contribution in [0.4, 0.5) is 0 Å². The lowest BCUT2D eigenvalue weighted by molar-refractivity contribution is 0.0506. The Balaban J connectivity index is 1.62. The molecular weight excluding hydrogens is 332 g/mol. The van der Waals surface area contributed by atoms with Crippen LogP contribution in [0.3, 0.4) is 0 Å². The van der Waals surface area contributed by atoms with Gasteiger partial charge < -0.3 is 9.84 Å². The van der Waals surface area contributed by atoms with Crippen LogP contribution in [-0.4, -0.2) is 54.3 Å². The van der Waals surface area contributed by atoms with Crippen molar-refractivity contribution in [2.75, 3.05) is 33.4 Å². The Morgan fingerprint density at radius 1 is 1.24 bits per heavy atom. The van der Waals surface area contributed by atoms with E-state index in [9.17, 15) is 5.11 Å². The van der Waals surface area contributed by atoms with E-state index < -0.39 is 0 Å². The summed E-state index contributed by atoms with van der Waals surface area (Å²) in [5, 5.41) is 11.6. The van der Waals surface area contributed by atoms with E-state index in [1.807, 2.05) is 11.3 Å². The van der Waals surface area contributed by atoms with Gasteiger partial charge in [-0.25, -0.2) is 0 Å². The number of methoxy groups -OCH3 is 1. The molecule has 1 aliphatic rings. The largest absolute Gasteiger partial charge is 0.496 e. The number of rotatable bonds is 7. The van der Waals surface area contributed by atoms with Gasteiger partial charge in [-0.05, 0) is 42.0 Å². The molecule has 1 atom stereocenters. The molecule has 136 valence electrons. The third kappa shape index (κ3) is 4.82. The minimum absolute atomic E-state index is 0.251.